The maximum Gasteiger partial charge on any atom is 0.231 e. The molecule has 2 aliphatic heterocycles. The number of ether oxygens (including phenoxy) is 2. The average Bonchev–Trinajstić information content (AvgIpc) is 3.41. The Morgan fingerprint density at radius 3 is 2.74 bits per heavy atom. The highest BCUT2D eigenvalue weighted by molar-refractivity contribution is 6.31. The molecule has 0 saturated carbocycles. The summed E-state index contributed by atoms with van der Waals surface area (Å²) >= 11 is 6.49. The molecule has 34 heavy (non-hydrogen) atoms. The number of carbonyl (C=O) groups excluding carboxylic acids is 1. The van der Waals surface area contributed by atoms with Crippen molar-refractivity contribution < 1.29 is 14.3 Å². The normalized spacial score (nSPS) is 16.1. The smallest absolute Gasteiger partial charge is 0.231 e. The molecule has 2 aliphatic rings. The van der Waals surface area contributed by atoms with Crippen LogP contribution in [0, 0.1) is 0 Å². The molecule has 8 nitrogen and oxygen atoms in total. The number of aromatic nitrogens is 3. The average molecular weight is 482 g/mol. The number of hydrogen-bond donors (Lipinski definition) is 1. The van der Waals surface area contributed by atoms with Gasteiger partial charge in [-0.3, -0.25) is 9.69 Å². The Morgan fingerprint density at radius 1 is 1.12 bits per heavy atom. The van der Waals surface area contributed by atoms with E-state index in [4.69, 9.17) is 21.1 Å². The van der Waals surface area contributed by atoms with Crippen molar-refractivity contribution in [1.82, 2.24) is 25.0 Å². The number of aryl methyl sites for hydroxylation is 1. The minimum atomic E-state index is -0.209. The second-order valence-electron chi connectivity index (χ2n) is 8.72. The van der Waals surface area contributed by atoms with Gasteiger partial charge in [0.15, 0.2) is 17.3 Å². The van der Waals surface area contributed by atoms with Crippen LogP contribution in [-0.4, -0.2) is 45.5 Å². The minimum Gasteiger partial charge on any atom is -0.454 e. The van der Waals surface area contributed by atoms with E-state index < -0.39 is 0 Å². The predicted octanol–water partition coefficient (Wildman–Crippen LogP) is 3.53. The van der Waals surface area contributed by atoms with Gasteiger partial charge in [0.25, 0.3) is 0 Å². The Hall–Kier alpha value is -3.10. The van der Waals surface area contributed by atoms with Crippen LogP contribution in [0.3, 0.4) is 0 Å². The molecule has 0 aliphatic carbocycles. The standard InChI is InChI=1S/C25H28ClN5O3/c1-17(27-24(32)8-7-18-5-3-2-4-6-18)25-29-28-23-9-10-30(11-12-31(23)25)15-19-13-21-22(14-20(19)26)34-16-33-21/h2-6,13-14,17H,7-12,15-16H2,1H3,(H,27,32). The SMILES string of the molecule is CC(NC(=O)CCc1ccccc1)c1nnc2n1CCN(Cc1cc3c(cc1Cl)OCO3)CC2. The quantitative estimate of drug-likeness (QED) is 0.556. The number of amides is 1. The number of carbonyl (C=O) groups is 1. The highest BCUT2D eigenvalue weighted by Crippen LogP contribution is 2.37. The number of rotatable bonds is 7. The van der Waals surface area contributed by atoms with E-state index in [-0.39, 0.29) is 18.7 Å². The monoisotopic (exact) mass is 481 g/mol. The van der Waals surface area contributed by atoms with Crippen LogP contribution in [0.25, 0.3) is 0 Å². The van der Waals surface area contributed by atoms with Crippen LogP contribution in [0.4, 0.5) is 0 Å². The van der Waals surface area contributed by atoms with E-state index in [2.05, 4.69) is 25.0 Å². The molecule has 3 heterocycles. The van der Waals surface area contributed by atoms with Gasteiger partial charge in [-0.15, -0.1) is 10.2 Å². The number of benzene rings is 2. The highest BCUT2D eigenvalue weighted by atomic mass is 35.5. The van der Waals surface area contributed by atoms with Crippen molar-refractivity contribution in [2.75, 3.05) is 19.9 Å². The number of hydrogen-bond acceptors (Lipinski definition) is 6. The largest absolute Gasteiger partial charge is 0.454 e. The van der Waals surface area contributed by atoms with E-state index in [0.717, 1.165) is 61.1 Å². The maximum absolute atomic E-state index is 12.5. The molecule has 0 fully saturated rings. The first-order valence-electron chi connectivity index (χ1n) is 11.6. The molecular weight excluding hydrogens is 454 g/mol. The molecular formula is C25H28ClN5O3. The van der Waals surface area contributed by atoms with Crippen molar-refractivity contribution in [3.63, 3.8) is 0 Å². The van der Waals surface area contributed by atoms with E-state index in [0.29, 0.717) is 23.6 Å². The predicted molar refractivity (Wildman–Crippen MR) is 128 cm³/mol. The lowest BCUT2D eigenvalue weighted by Gasteiger charge is -2.21. The van der Waals surface area contributed by atoms with Gasteiger partial charge in [0.1, 0.15) is 5.82 Å². The number of halogens is 1. The summed E-state index contributed by atoms with van der Waals surface area (Å²) in [4.78, 5) is 14.9. The van der Waals surface area contributed by atoms with E-state index in [9.17, 15) is 4.79 Å². The fourth-order valence-electron chi connectivity index (χ4n) is 4.47. The lowest BCUT2D eigenvalue weighted by molar-refractivity contribution is -0.121. The van der Waals surface area contributed by atoms with Crippen LogP contribution in [0.1, 0.15) is 42.2 Å². The summed E-state index contributed by atoms with van der Waals surface area (Å²) in [6.07, 6.45) is 1.94. The molecule has 1 aromatic heterocycles. The van der Waals surface area contributed by atoms with E-state index in [1.165, 1.54) is 0 Å². The van der Waals surface area contributed by atoms with Gasteiger partial charge in [0.05, 0.1) is 6.04 Å². The first kappa shape index (κ1) is 22.7. The molecule has 0 saturated heterocycles. The van der Waals surface area contributed by atoms with Gasteiger partial charge in [-0.25, -0.2) is 0 Å². The zero-order chi connectivity index (χ0) is 23.5. The van der Waals surface area contributed by atoms with Gasteiger partial charge < -0.3 is 19.4 Å². The third-order valence-corrected chi connectivity index (χ3v) is 6.68. The first-order valence-corrected chi connectivity index (χ1v) is 12.0. The van der Waals surface area contributed by atoms with E-state index >= 15 is 0 Å². The molecule has 1 atom stereocenters. The van der Waals surface area contributed by atoms with E-state index in [1.54, 1.807) is 0 Å². The Morgan fingerprint density at radius 2 is 1.91 bits per heavy atom. The second kappa shape index (κ2) is 10.0. The summed E-state index contributed by atoms with van der Waals surface area (Å²) in [6.45, 7) is 5.35. The van der Waals surface area contributed by atoms with Crippen molar-refractivity contribution in [2.45, 2.75) is 45.3 Å². The first-order chi connectivity index (χ1) is 16.6. The molecule has 1 N–H and O–H groups in total. The second-order valence-corrected chi connectivity index (χ2v) is 9.13. The third-order valence-electron chi connectivity index (χ3n) is 6.33. The summed E-state index contributed by atoms with van der Waals surface area (Å²) in [7, 11) is 0. The highest BCUT2D eigenvalue weighted by Gasteiger charge is 2.24. The third kappa shape index (κ3) is 5.03. The van der Waals surface area contributed by atoms with Gasteiger partial charge >= 0.3 is 0 Å². The number of nitrogens with one attached hydrogen (secondary N) is 1. The minimum absolute atomic E-state index is 0.0152. The Kier molecular flexibility index (Phi) is 6.69. The fraction of sp³-hybridized carbons (Fsp3) is 0.400. The van der Waals surface area contributed by atoms with Crippen molar-refractivity contribution in [1.29, 1.82) is 0 Å². The molecule has 0 spiro atoms. The molecule has 1 unspecified atom stereocenters. The van der Waals surface area contributed by atoms with Crippen LogP contribution in [0.2, 0.25) is 5.02 Å². The number of nitrogens with zero attached hydrogens (tertiary/aromatic N) is 4. The van der Waals surface area contributed by atoms with Crippen LogP contribution < -0.4 is 14.8 Å². The lowest BCUT2D eigenvalue weighted by atomic mass is 10.1. The molecule has 0 radical (unpaired) electrons. The Labute approximate surface area is 203 Å². The van der Waals surface area contributed by atoms with Crippen LogP contribution in [-0.2, 0) is 30.7 Å². The van der Waals surface area contributed by atoms with Gasteiger partial charge in [-0.2, -0.15) is 0 Å². The molecule has 0 bridgehead atoms. The molecule has 3 aromatic rings. The van der Waals surface area contributed by atoms with Crippen molar-refractivity contribution in [3.8, 4) is 11.5 Å². The lowest BCUT2D eigenvalue weighted by Crippen LogP contribution is -2.30. The zero-order valence-corrected chi connectivity index (χ0v) is 19.9. The van der Waals surface area contributed by atoms with Crippen LogP contribution >= 0.6 is 11.6 Å². The van der Waals surface area contributed by atoms with Gasteiger partial charge in [0.2, 0.25) is 12.7 Å². The summed E-state index contributed by atoms with van der Waals surface area (Å²) < 4.78 is 13.1. The zero-order valence-electron chi connectivity index (χ0n) is 19.2. The van der Waals surface area contributed by atoms with E-state index in [1.807, 2.05) is 49.4 Å². The molecule has 2 aromatic carbocycles. The van der Waals surface area contributed by atoms with Crippen molar-refractivity contribution >= 4 is 17.5 Å². The van der Waals surface area contributed by atoms with Crippen LogP contribution in [0.15, 0.2) is 42.5 Å². The van der Waals surface area contributed by atoms with Gasteiger partial charge in [-0.05, 0) is 30.5 Å². The van der Waals surface area contributed by atoms with Crippen molar-refractivity contribution in [3.05, 3.63) is 70.3 Å². The maximum atomic E-state index is 12.5. The number of fused-ring (bicyclic) bond motifs is 2. The molecule has 9 heteroatoms. The molecule has 1 amide bonds. The summed E-state index contributed by atoms with van der Waals surface area (Å²) in [5.74, 6) is 3.19. The molecule has 5 rings (SSSR count). The Balaban J connectivity index is 1.19. The fourth-order valence-corrected chi connectivity index (χ4v) is 4.68. The summed E-state index contributed by atoms with van der Waals surface area (Å²) in [6, 6.07) is 13.6. The van der Waals surface area contributed by atoms with Gasteiger partial charge in [-0.1, -0.05) is 41.9 Å². The topological polar surface area (TPSA) is 81.5 Å². The molecule has 178 valence electrons. The van der Waals surface area contributed by atoms with Gasteiger partial charge in [0, 0.05) is 50.1 Å². The van der Waals surface area contributed by atoms with Crippen molar-refractivity contribution in [2.24, 2.45) is 0 Å². The summed E-state index contributed by atoms with van der Waals surface area (Å²) in [5, 5.41) is 12.6. The summed E-state index contributed by atoms with van der Waals surface area (Å²) in [5.41, 5.74) is 2.17. The Bertz CT molecular complexity index is 1170. The van der Waals surface area contributed by atoms with Crippen LogP contribution in [0.5, 0.6) is 11.5 Å².